The number of benzene rings is 2. The largest absolute Gasteiger partial charge is 0.508 e. The summed E-state index contributed by atoms with van der Waals surface area (Å²) in [7, 11) is 1.50. The van der Waals surface area contributed by atoms with Crippen molar-refractivity contribution >= 4 is 17.4 Å². The average molecular weight is 397 g/mol. The summed E-state index contributed by atoms with van der Waals surface area (Å²) in [5.74, 6) is -1.26. The van der Waals surface area contributed by atoms with Crippen LogP contribution in [0.2, 0.25) is 0 Å². The van der Waals surface area contributed by atoms with E-state index in [0.29, 0.717) is 23.5 Å². The molecule has 1 unspecified atom stereocenters. The minimum Gasteiger partial charge on any atom is -0.508 e. The number of rotatable bonds is 7. The van der Waals surface area contributed by atoms with E-state index in [-0.39, 0.29) is 30.2 Å². The van der Waals surface area contributed by atoms with Crippen LogP contribution in [0.1, 0.15) is 24.1 Å². The van der Waals surface area contributed by atoms with Gasteiger partial charge in [0.1, 0.15) is 17.3 Å². The number of ketones is 1. The number of ether oxygens (including phenoxy) is 2. The molecule has 1 fully saturated rings. The van der Waals surface area contributed by atoms with Gasteiger partial charge in [-0.15, -0.1) is 0 Å². The van der Waals surface area contributed by atoms with E-state index in [9.17, 15) is 19.8 Å². The Bertz CT molecular complexity index is 952. The highest BCUT2D eigenvalue weighted by atomic mass is 16.5. The van der Waals surface area contributed by atoms with Gasteiger partial charge in [0.05, 0.1) is 24.8 Å². The molecule has 1 amide bonds. The van der Waals surface area contributed by atoms with Gasteiger partial charge in [0.15, 0.2) is 0 Å². The molecule has 3 rings (SSSR count). The van der Waals surface area contributed by atoms with Crippen molar-refractivity contribution in [2.75, 3.05) is 26.9 Å². The number of aromatic hydroxyl groups is 1. The first-order chi connectivity index (χ1) is 14.0. The number of hydrogen-bond donors (Lipinski definition) is 2. The first kappa shape index (κ1) is 20.4. The zero-order chi connectivity index (χ0) is 21.0. The highest BCUT2D eigenvalue weighted by Crippen LogP contribution is 2.40. The third-order valence-corrected chi connectivity index (χ3v) is 4.68. The molecule has 2 N–H and O–H groups in total. The van der Waals surface area contributed by atoms with Gasteiger partial charge in [-0.25, -0.2) is 0 Å². The number of amides is 1. The fourth-order valence-electron chi connectivity index (χ4n) is 3.40. The Balaban J connectivity index is 2.15. The molecule has 0 spiro atoms. The van der Waals surface area contributed by atoms with Crippen molar-refractivity contribution in [3.05, 3.63) is 65.2 Å². The molecule has 0 aromatic heterocycles. The number of nitrogens with zero attached hydrogens (tertiary/aromatic N) is 1. The van der Waals surface area contributed by atoms with Crippen molar-refractivity contribution in [2.24, 2.45) is 0 Å². The smallest absolute Gasteiger partial charge is 0.295 e. The predicted molar refractivity (Wildman–Crippen MR) is 107 cm³/mol. The summed E-state index contributed by atoms with van der Waals surface area (Å²) < 4.78 is 10.5. The Kier molecular flexibility index (Phi) is 6.19. The molecule has 1 heterocycles. The van der Waals surface area contributed by atoms with Crippen LogP contribution in [0.15, 0.2) is 54.1 Å². The lowest BCUT2D eigenvalue weighted by Crippen LogP contribution is -2.32. The lowest BCUT2D eigenvalue weighted by atomic mass is 9.95. The number of carbonyl (C=O) groups is 2. The molecule has 0 saturated carbocycles. The summed E-state index contributed by atoms with van der Waals surface area (Å²) in [5.41, 5.74) is 0.846. The van der Waals surface area contributed by atoms with E-state index >= 15 is 0 Å². The van der Waals surface area contributed by atoms with Crippen LogP contribution in [-0.2, 0) is 14.3 Å². The molecule has 0 aliphatic carbocycles. The van der Waals surface area contributed by atoms with Gasteiger partial charge in [0.25, 0.3) is 11.7 Å². The van der Waals surface area contributed by atoms with Gasteiger partial charge < -0.3 is 24.6 Å². The van der Waals surface area contributed by atoms with Crippen molar-refractivity contribution in [2.45, 2.75) is 13.0 Å². The standard InChI is InChI=1S/C22H23NO6/c1-3-29-17-9-5-7-15(13-17)20(25)18-19(14-6-4-8-16(24)12-14)23(10-11-28-2)22(27)21(18)26/h4-9,12-13,19,24-25H,3,10-11H2,1-2H3/b20-18-. The predicted octanol–water partition coefficient (Wildman–Crippen LogP) is 2.86. The number of aliphatic hydroxyl groups is 1. The maximum absolute atomic E-state index is 12.8. The zero-order valence-corrected chi connectivity index (χ0v) is 16.3. The van der Waals surface area contributed by atoms with Gasteiger partial charge in [-0.3, -0.25) is 9.59 Å². The second kappa shape index (κ2) is 8.79. The Morgan fingerprint density at radius 1 is 1.14 bits per heavy atom. The van der Waals surface area contributed by atoms with Crippen LogP contribution in [0.25, 0.3) is 5.76 Å². The van der Waals surface area contributed by atoms with Crippen LogP contribution in [0.3, 0.4) is 0 Å². The molecule has 1 saturated heterocycles. The van der Waals surface area contributed by atoms with Crippen LogP contribution in [0.5, 0.6) is 11.5 Å². The number of hydrogen-bond acceptors (Lipinski definition) is 6. The maximum atomic E-state index is 12.8. The van der Waals surface area contributed by atoms with Gasteiger partial charge in [-0.1, -0.05) is 24.3 Å². The second-order valence-corrected chi connectivity index (χ2v) is 6.54. The SMILES string of the molecule is CCOc1cccc(/C(O)=C2/C(=O)C(=O)N(CCOC)C2c2cccc(O)c2)c1. The van der Waals surface area contributed by atoms with E-state index in [1.807, 2.05) is 6.92 Å². The van der Waals surface area contributed by atoms with Crippen molar-refractivity contribution in [3.8, 4) is 11.5 Å². The number of methoxy groups -OCH3 is 1. The molecule has 0 bridgehead atoms. The molecule has 2 aromatic carbocycles. The van der Waals surface area contributed by atoms with Gasteiger partial charge in [0.2, 0.25) is 0 Å². The normalized spacial score (nSPS) is 18.3. The minimum absolute atomic E-state index is 0.00169. The lowest BCUT2D eigenvalue weighted by Gasteiger charge is -2.25. The van der Waals surface area contributed by atoms with Crippen LogP contribution >= 0.6 is 0 Å². The monoisotopic (exact) mass is 397 g/mol. The van der Waals surface area contributed by atoms with E-state index < -0.39 is 17.7 Å². The number of aliphatic hydroxyl groups excluding tert-OH is 1. The van der Waals surface area contributed by atoms with Crippen molar-refractivity contribution < 1.29 is 29.3 Å². The quantitative estimate of drug-likeness (QED) is 0.424. The van der Waals surface area contributed by atoms with Crippen molar-refractivity contribution in [1.82, 2.24) is 4.90 Å². The minimum atomic E-state index is -0.840. The van der Waals surface area contributed by atoms with Crippen LogP contribution < -0.4 is 4.74 Å². The summed E-state index contributed by atoms with van der Waals surface area (Å²) in [5, 5.41) is 20.9. The molecule has 1 aliphatic heterocycles. The number of Topliss-reactive ketones (excluding diaryl/α,β-unsaturated/α-hetero) is 1. The lowest BCUT2D eigenvalue weighted by molar-refractivity contribution is -0.140. The summed E-state index contributed by atoms with van der Waals surface area (Å²) in [6.07, 6.45) is 0. The van der Waals surface area contributed by atoms with Gasteiger partial charge >= 0.3 is 0 Å². The molecular formula is C22H23NO6. The Labute approximate surface area is 168 Å². The summed E-state index contributed by atoms with van der Waals surface area (Å²) >= 11 is 0. The maximum Gasteiger partial charge on any atom is 0.295 e. The van der Waals surface area contributed by atoms with Gasteiger partial charge in [-0.2, -0.15) is 0 Å². The number of phenols is 1. The highest BCUT2D eigenvalue weighted by Gasteiger charge is 2.45. The van der Waals surface area contributed by atoms with Crippen molar-refractivity contribution in [1.29, 1.82) is 0 Å². The summed E-state index contributed by atoms with van der Waals surface area (Å²) in [6, 6.07) is 12.1. The van der Waals surface area contributed by atoms with Crippen LogP contribution in [-0.4, -0.2) is 53.7 Å². The first-order valence-corrected chi connectivity index (χ1v) is 9.27. The van der Waals surface area contributed by atoms with E-state index in [2.05, 4.69) is 0 Å². The third-order valence-electron chi connectivity index (χ3n) is 4.68. The molecule has 1 aliphatic rings. The number of likely N-dealkylation sites (tertiary alicyclic amines) is 1. The molecular weight excluding hydrogens is 374 g/mol. The fourth-order valence-corrected chi connectivity index (χ4v) is 3.40. The Morgan fingerprint density at radius 3 is 2.59 bits per heavy atom. The summed E-state index contributed by atoms with van der Waals surface area (Å²) in [4.78, 5) is 26.9. The second-order valence-electron chi connectivity index (χ2n) is 6.54. The Hall–Kier alpha value is -3.32. The van der Waals surface area contributed by atoms with Crippen molar-refractivity contribution in [3.63, 3.8) is 0 Å². The summed E-state index contributed by atoms with van der Waals surface area (Å²) in [6.45, 7) is 2.68. The third kappa shape index (κ3) is 4.09. The van der Waals surface area contributed by atoms with E-state index in [4.69, 9.17) is 9.47 Å². The molecule has 0 radical (unpaired) electrons. The molecule has 1 atom stereocenters. The first-order valence-electron chi connectivity index (χ1n) is 9.27. The molecule has 7 heteroatoms. The fraction of sp³-hybridized carbons (Fsp3) is 0.273. The van der Waals surface area contributed by atoms with Crippen LogP contribution in [0.4, 0.5) is 0 Å². The van der Waals surface area contributed by atoms with E-state index in [1.165, 1.54) is 24.1 Å². The van der Waals surface area contributed by atoms with E-state index in [0.717, 1.165) is 0 Å². The van der Waals surface area contributed by atoms with Gasteiger partial charge in [-0.05, 0) is 36.8 Å². The molecule has 29 heavy (non-hydrogen) atoms. The molecule has 7 nitrogen and oxygen atoms in total. The molecule has 2 aromatic rings. The average Bonchev–Trinajstić information content (AvgIpc) is 2.97. The highest BCUT2D eigenvalue weighted by molar-refractivity contribution is 6.46. The van der Waals surface area contributed by atoms with E-state index in [1.54, 1.807) is 36.4 Å². The number of phenolic OH excluding ortho intramolecular Hbond substituents is 1. The number of carbonyl (C=O) groups excluding carboxylic acids is 2. The molecule has 152 valence electrons. The van der Waals surface area contributed by atoms with Crippen LogP contribution in [0, 0.1) is 0 Å². The zero-order valence-electron chi connectivity index (χ0n) is 16.3. The Morgan fingerprint density at radius 2 is 1.90 bits per heavy atom. The topological polar surface area (TPSA) is 96.3 Å². The van der Waals surface area contributed by atoms with Gasteiger partial charge in [0, 0.05) is 19.2 Å².